The fourth-order valence-corrected chi connectivity index (χ4v) is 3.02. The number of nitrogens with zero attached hydrogens (tertiary/aromatic N) is 1. The highest BCUT2D eigenvalue weighted by Gasteiger charge is 2.23. The van der Waals surface area contributed by atoms with Gasteiger partial charge in [0, 0.05) is 23.5 Å². The average Bonchev–Trinajstić information content (AvgIpc) is 2.47. The molecule has 1 aliphatic heterocycles. The standard InChI is InChI=1S/C18H22N2/c1-13-7-8-16-5-3-4-6-18(16)20(13)17-11-9-15(10-12-17)14(2)19/h3-6,9-14H,7-8,19H2,1-2H3/t13?,14-/m0/s1. The van der Waals surface area contributed by atoms with E-state index in [-0.39, 0.29) is 6.04 Å². The van der Waals surface area contributed by atoms with Crippen LogP contribution >= 0.6 is 0 Å². The quantitative estimate of drug-likeness (QED) is 0.883. The van der Waals surface area contributed by atoms with Gasteiger partial charge in [-0.15, -0.1) is 0 Å². The summed E-state index contributed by atoms with van der Waals surface area (Å²) < 4.78 is 0. The summed E-state index contributed by atoms with van der Waals surface area (Å²) in [6, 6.07) is 18.0. The number of anilines is 2. The fraction of sp³-hybridized carbons (Fsp3) is 0.333. The zero-order chi connectivity index (χ0) is 14.1. The molecular formula is C18H22N2. The van der Waals surface area contributed by atoms with Crippen LogP contribution in [0.4, 0.5) is 11.4 Å². The van der Waals surface area contributed by atoms with Crippen molar-refractivity contribution in [3.05, 3.63) is 59.7 Å². The SMILES string of the molecule is CC1CCc2ccccc2N1c1ccc([C@H](C)N)cc1. The third kappa shape index (κ3) is 2.32. The summed E-state index contributed by atoms with van der Waals surface area (Å²) in [6.07, 6.45) is 2.37. The van der Waals surface area contributed by atoms with E-state index in [0.29, 0.717) is 6.04 Å². The van der Waals surface area contributed by atoms with Gasteiger partial charge in [-0.2, -0.15) is 0 Å². The minimum atomic E-state index is 0.0927. The Labute approximate surface area is 121 Å². The van der Waals surface area contributed by atoms with Crippen molar-refractivity contribution < 1.29 is 0 Å². The average molecular weight is 266 g/mol. The molecule has 0 bridgehead atoms. The molecule has 20 heavy (non-hydrogen) atoms. The summed E-state index contributed by atoms with van der Waals surface area (Å²) in [5.41, 5.74) is 11.2. The Morgan fingerprint density at radius 2 is 1.80 bits per heavy atom. The molecule has 0 aromatic heterocycles. The lowest BCUT2D eigenvalue weighted by Crippen LogP contribution is -2.33. The summed E-state index contributed by atoms with van der Waals surface area (Å²) in [6.45, 7) is 4.32. The molecule has 3 rings (SSSR count). The van der Waals surface area contributed by atoms with E-state index < -0.39 is 0 Å². The molecule has 0 aliphatic carbocycles. The molecule has 1 unspecified atom stereocenters. The van der Waals surface area contributed by atoms with E-state index in [1.165, 1.54) is 35.3 Å². The Balaban J connectivity index is 2.00. The van der Waals surface area contributed by atoms with Gasteiger partial charge in [0.05, 0.1) is 0 Å². The Kier molecular flexibility index (Phi) is 3.49. The minimum absolute atomic E-state index is 0.0927. The van der Waals surface area contributed by atoms with Crippen molar-refractivity contribution in [2.75, 3.05) is 4.90 Å². The number of fused-ring (bicyclic) bond motifs is 1. The van der Waals surface area contributed by atoms with Gasteiger partial charge >= 0.3 is 0 Å². The molecule has 2 aromatic rings. The van der Waals surface area contributed by atoms with Crippen molar-refractivity contribution in [1.29, 1.82) is 0 Å². The van der Waals surface area contributed by atoms with Crippen molar-refractivity contribution in [1.82, 2.24) is 0 Å². The van der Waals surface area contributed by atoms with Gasteiger partial charge in [-0.3, -0.25) is 0 Å². The number of aryl methyl sites for hydroxylation is 1. The van der Waals surface area contributed by atoms with Crippen LogP contribution in [0.5, 0.6) is 0 Å². The van der Waals surface area contributed by atoms with Crippen LogP contribution in [-0.4, -0.2) is 6.04 Å². The van der Waals surface area contributed by atoms with Crippen LogP contribution in [0, 0.1) is 0 Å². The highest BCUT2D eigenvalue weighted by molar-refractivity contribution is 5.68. The van der Waals surface area contributed by atoms with Crippen LogP contribution in [0.2, 0.25) is 0 Å². The zero-order valence-corrected chi connectivity index (χ0v) is 12.2. The van der Waals surface area contributed by atoms with Crippen molar-refractivity contribution in [2.24, 2.45) is 5.73 Å². The van der Waals surface area contributed by atoms with Gasteiger partial charge < -0.3 is 10.6 Å². The van der Waals surface area contributed by atoms with Crippen molar-refractivity contribution in [3.63, 3.8) is 0 Å². The summed E-state index contributed by atoms with van der Waals surface area (Å²) >= 11 is 0. The largest absolute Gasteiger partial charge is 0.338 e. The molecule has 2 aromatic carbocycles. The van der Waals surface area contributed by atoms with E-state index in [4.69, 9.17) is 5.73 Å². The second-order valence-electron chi connectivity index (χ2n) is 5.77. The Morgan fingerprint density at radius 1 is 1.10 bits per heavy atom. The molecular weight excluding hydrogens is 244 g/mol. The molecule has 0 saturated carbocycles. The fourth-order valence-electron chi connectivity index (χ4n) is 3.02. The first kappa shape index (κ1) is 13.2. The molecule has 2 N–H and O–H groups in total. The van der Waals surface area contributed by atoms with Gasteiger partial charge in [0.2, 0.25) is 0 Å². The molecule has 0 saturated heterocycles. The van der Waals surface area contributed by atoms with Gasteiger partial charge in [-0.05, 0) is 56.0 Å². The molecule has 0 amide bonds. The van der Waals surface area contributed by atoms with Crippen molar-refractivity contribution in [3.8, 4) is 0 Å². The van der Waals surface area contributed by atoms with Gasteiger partial charge in [-0.25, -0.2) is 0 Å². The first-order valence-electron chi connectivity index (χ1n) is 7.39. The van der Waals surface area contributed by atoms with E-state index in [2.05, 4.69) is 60.4 Å². The Bertz CT molecular complexity index is 587. The van der Waals surface area contributed by atoms with E-state index >= 15 is 0 Å². The third-order valence-corrected chi connectivity index (χ3v) is 4.22. The van der Waals surface area contributed by atoms with Crippen molar-refractivity contribution in [2.45, 2.75) is 38.8 Å². The molecule has 104 valence electrons. The van der Waals surface area contributed by atoms with Crippen LogP contribution in [0.15, 0.2) is 48.5 Å². The van der Waals surface area contributed by atoms with Crippen LogP contribution in [0.3, 0.4) is 0 Å². The predicted octanol–water partition coefficient (Wildman–Crippen LogP) is 4.18. The molecule has 1 heterocycles. The Hall–Kier alpha value is -1.80. The minimum Gasteiger partial charge on any atom is -0.338 e. The number of hydrogen-bond donors (Lipinski definition) is 1. The maximum Gasteiger partial charge on any atom is 0.0445 e. The predicted molar refractivity (Wildman–Crippen MR) is 85.4 cm³/mol. The van der Waals surface area contributed by atoms with Gasteiger partial charge in [0.25, 0.3) is 0 Å². The first-order valence-corrected chi connectivity index (χ1v) is 7.39. The summed E-state index contributed by atoms with van der Waals surface area (Å²) in [5, 5.41) is 0. The van der Waals surface area contributed by atoms with Gasteiger partial charge in [0.15, 0.2) is 0 Å². The van der Waals surface area contributed by atoms with Crippen molar-refractivity contribution >= 4 is 11.4 Å². The number of nitrogens with two attached hydrogens (primary N) is 1. The van der Waals surface area contributed by atoms with E-state index in [9.17, 15) is 0 Å². The third-order valence-electron chi connectivity index (χ3n) is 4.22. The molecule has 0 spiro atoms. The maximum absolute atomic E-state index is 5.93. The van der Waals surface area contributed by atoms with Crippen LogP contribution in [-0.2, 0) is 6.42 Å². The first-order chi connectivity index (χ1) is 9.66. The van der Waals surface area contributed by atoms with Gasteiger partial charge in [0.1, 0.15) is 0 Å². The molecule has 2 nitrogen and oxygen atoms in total. The lowest BCUT2D eigenvalue weighted by molar-refractivity contribution is 0.618. The normalized spacial score (nSPS) is 19.6. The number of rotatable bonds is 2. The molecule has 2 heteroatoms. The maximum atomic E-state index is 5.93. The highest BCUT2D eigenvalue weighted by atomic mass is 15.2. The van der Waals surface area contributed by atoms with Gasteiger partial charge in [-0.1, -0.05) is 30.3 Å². The monoisotopic (exact) mass is 266 g/mol. The van der Waals surface area contributed by atoms with Crippen LogP contribution < -0.4 is 10.6 Å². The van der Waals surface area contributed by atoms with E-state index in [1.807, 2.05) is 6.92 Å². The number of para-hydroxylation sites is 1. The van der Waals surface area contributed by atoms with E-state index in [0.717, 1.165) is 0 Å². The second kappa shape index (κ2) is 5.29. The molecule has 0 fully saturated rings. The molecule has 0 radical (unpaired) electrons. The topological polar surface area (TPSA) is 29.3 Å². The molecule has 2 atom stereocenters. The summed E-state index contributed by atoms with van der Waals surface area (Å²) in [4.78, 5) is 2.45. The number of benzene rings is 2. The number of hydrogen-bond acceptors (Lipinski definition) is 2. The van der Waals surface area contributed by atoms with E-state index in [1.54, 1.807) is 0 Å². The highest BCUT2D eigenvalue weighted by Crippen LogP contribution is 2.36. The zero-order valence-electron chi connectivity index (χ0n) is 12.2. The van der Waals surface area contributed by atoms with Crippen LogP contribution in [0.25, 0.3) is 0 Å². The summed E-state index contributed by atoms with van der Waals surface area (Å²) in [7, 11) is 0. The molecule has 1 aliphatic rings. The second-order valence-corrected chi connectivity index (χ2v) is 5.77. The summed E-state index contributed by atoms with van der Waals surface area (Å²) in [5.74, 6) is 0. The smallest absolute Gasteiger partial charge is 0.0445 e. The lowest BCUT2D eigenvalue weighted by Gasteiger charge is -2.37. The van der Waals surface area contributed by atoms with Crippen LogP contribution in [0.1, 0.15) is 37.4 Å². The lowest BCUT2D eigenvalue weighted by atomic mass is 9.95. The Morgan fingerprint density at radius 3 is 2.50 bits per heavy atom.